The van der Waals surface area contributed by atoms with Crippen LogP contribution in [0.4, 0.5) is 15.9 Å². The number of aromatic nitrogens is 2. The van der Waals surface area contributed by atoms with Crippen molar-refractivity contribution >= 4 is 40.9 Å². The minimum Gasteiger partial charge on any atom is -0.478 e. The van der Waals surface area contributed by atoms with Gasteiger partial charge in [-0.05, 0) is 35.2 Å². The number of hydrogen-bond donors (Lipinski definition) is 3. The van der Waals surface area contributed by atoms with Gasteiger partial charge in [0.15, 0.2) is 5.82 Å². The Kier molecular flexibility index (Phi) is 7.13. The molecule has 0 saturated carbocycles. The van der Waals surface area contributed by atoms with Gasteiger partial charge in [-0.2, -0.15) is 5.10 Å². The summed E-state index contributed by atoms with van der Waals surface area (Å²) in [5.41, 5.74) is 0.608. The Morgan fingerprint density at radius 3 is 2.51 bits per heavy atom. The molecule has 0 aliphatic carbocycles. The first-order valence-electron chi connectivity index (χ1n) is 11.5. The predicted octanol–water partition coefficient (Wildman–Crippen LogP) is 3.85. The summed E-state index contributed by atoms with van der Waals surface area (Å²) in [6.45, 7) is 4.35. The maximum Gasteiger partial charge on any atom is 0.337 e. The highest BCUT2D eigenvalue weighted by atomic mass is 35.5. The average Bonchev–Trinajstić information content (AvgIpc) is 2.85. The molecule has 0 unspecified atom stereocenters. The molecule has 37 heavy (non-hydrogen) atoms. The summed E-state index contributed by atoms with van der Waals surface area (Å²) in [7, 11) is 1.42. The van der Waals surface area contributed by atoms with E-state index in [1.807, 2.05) is 38.1 Å². The zero-order chi connectivity index (χ0) is 26.9. The van der Waals surface area contributed by atoms with Gasteiger partial charge in [-0.1, -0.05) is 49.7 Å². The Bertz CT molecular complexity index is 1390. The SMILES string of the molecule is CNC(=O)c1cc(Cl)c(F)cc1NC(=O)C1(c2ccccc2C(C)C)CN(c2cc(C(=O)O)cnn2)C1. The minimum absolute atomic E-state index is 0.0150. The van der Waals surface area contributed by atoms with Crippen molar-refractivity contribution in [2.45, 2.75) is 25.2 Å². The zero-order valence-electron chi connectivity index (χ0n) is 20.4. The van der Waals surface area contributed by atoms with E-state index >= 15 is 0 Å². The van der Waals surface area contributed by atoms with E-state index in [1.54, 1.807) is 4.90 Å². The molecule has 0 atom stereocenters. The molecule has 9 nitrogen and oxygen atoms in total. The number of anilines is 2. The molecule has 4 rings (SSSR count). The molecule has 11 heteroatoms. The highest BCUT2D eigenvalue weighted by molar-refractivity contribution is 6.31. The number of rotatable bonds is 7. The fourth-order valence-electron chi connectivity index (χ4n) is 4.48. The number of nitrogens with zero attached hydrogens (tertiary/aromatic N) is 3. The second kappa shape index (κ2) is 10.1. The molecule has 192 valence electrons. The molecule has 0 radical (unpaired) electrons. The first-order chi connectivity index (χ1) is 17.6. The van der Waals surface area contributed by atoms with Crippen molar-refractivity contribution in [1.29, 1.82) is 0 Å². The van der Waals surface area contributed by atoms with Crippen LogP contribution in [0.3, 0.4) is 0 Å². The van der Waals surface area contributed by atoms with Gasteiger partial charge in [-0.25, -0.2) is 9.18 Å². The van der Waals surface area contributed by atoms with E-state index in [2.05, 4.69) is 20.8 Å². The van der Waals surface area contributed by atoms with Crippen LogP contribution in [0, 0.1) is 5.82 Å². The Labute approximate surface area is 217 Å². The van der Waals surface area contributed by atoms with Crippen molar-refractivity contribution in [2.24, 2.45) is 0 Å². The van der Waals surface area contributed by atoms with Gasteiger partial charge in [0.05, 0.1) is 28.0 Å². The summed E-state index contributed by atoms with van der Waals surface area (Å²) < 4.78 is 14.4. The Hall–Kier alpha value is -4.05. The molecule has 1 aliphatic heterocycles. The molecule has 2 aromatic carbocycles. The number of carbonyl (C=O) groups is 3. The van der Waals surface area contributed by atoms with Gasteiger partial charge < -0.3 is 20.6 Å². The van der Waals surface area contributed by atoms with Crippen LogP contribution in [0.1, 0.15) is 51.6 Å². The lowest BCUT2D eigenvalue weighted by atomic mass is 9.69. The molecule has 1 fully saturated rings. The summed E-state index contributed by atoms with van der Waals surface area (Å²) in [6.07, 6.45) is 1.15. The molecule has 2 heterocycles. The topological polar surface area (TPSA) is 125 Å². The van der Waals surface area contributed by atoms with Crippen LogP contribution < -0.4 is 15.5 Å². The highest BCUT2D eigenvalue weighted by Gasteiger charge is 2.52. The van der Waals surface area contributed by atoms with Crippen LogP contribution in [-0.2, 0) is 10.2 Å². The van der Waals surface area contributed by atoms with Gasteiger partial charge in [0.25, 0.3) is 5.91 Å². The summed E-state index contributed by atoms with van der Waals surface area (Å²) in [5.74, 6) is -2.50. The summed E-state index contributed by atoms with van der Waals surface area (Å²) >= 11 is 5.90. The maximum atomic E-state index is 14.4. The summed E-state index contributed by atoms with van der Waals surface area (Å²) in [4.78, 5) is 39.5. The van der Waals surface area contributed by atoms with Gasteiger partial charge in [0.1, 0.15) is 11.2 Å². The molecule has 3 N–H and O–H groups in total. The first kappa shape index (κ1) is 26.0. The number of benzene rings is 2. The van der Waals surface area contributed by atoms with E-state index in [0.717, 1.165) is 23.4 Å². The molecule has 2 amide bonds. The van der Waals surface area contributed by atoms with E-state index in [-0.39, 0.29) is 40.8 Å². The summed E-state index contributed by atoms with van der Waals surface area (Å²) in [6, 6.07) is 11.1. The number of carboxylic acid groups (broad SMARTS) is 1. The molecule has 1 aliphatic rings. The fourth-order valence-corrected chi connectivity index (χ4v) is 4.65. The Morgan fingerprint density at radius 1 is 1.16 bits per heavy atom. The predicted molar refractivity (Wildman–Crippen MR) is 137 cm³/mol. The molecule has 1 aromatic heterocycles. The first-order valence-corrected chi connectivity index (χ1v) is 11.9. The van der Waals surface area contributed by atoms with Crippen molar-refractivity contribution in [1.82, 2.24) is 15.5 Å². The zero-order valence-corrected chi connectivity index (χ0v) is 21.1. The number of hydrogen-bond acceptors (Lipinski definition) is 6. The summed E-state index contributed by atoms with van der Waals surface area (Å²) in [5, 5.41) is 22.1. The van der Waals surface area contributed by atoms with Gasteiger partial charge in [-0.3, -0.25) is 9.59 Å². The van der Waals surface area contributed by atoms with E-state index < -0.39 is 29.0 Å². The van der Waals surface area contributed by atoms with Crippen LogP contribution in [0.15, 0.2) is 48.7 Å². The third kappa shape index (κ3) is 4.84. The number of aromatic carboxylic acids is 1. The Morgan fingerprint density at radius 2 is 1.86 bits per heavy atom. The fraction of sp³-hybridized carbons (Fsp3) is 0.269. The van der Waals surface area contributed by atoms with Crippen molar-refractivity contribution in [3.63, 3.8) is 0 Å². The van der Waals surface area contributed by atoms with Crippen LogP contribution in [0.2, 0.25) is 5.02 Å². The molecule has 3 aromatic rings. The van der Waals surface area contributed by atoms with Gasteiger partial charge in [0, 0.05) is 20.1 Å². The van der Waals surface area contributed by atoms with E-state index in [9.17, 15) is 23.9 Å². The number of carboxylic acids is 1. The minimum atomic E-state index is -1.14. The van der Waals surface area contributed by atoms with Crippen molar-refractivity contribution in [3.05, 3.63) is 81.8 Å². The van der Waals surface area contributed by atoms with Crippen molar-refractivity contribution in [2.75, 3.05) is 30.4 Å². The van der Waals surface area contributed by atoms with Crippen molar-refractivity contribution < 1.29 is 23.9 Å². The molecular formula is C26H25ClFN5O4. The van der Waals surface area contributed by atoms with E-state index in [1.165, 1.54) is 19.2 Å². The number of halogens is 2. The molecular weight excluding hydrogens is 501 g/mol. The number of amides is 2. The van der Waals surface area contributed by atoms with Crippen LogP contribution in [-0.4, -0.2) is 53.2 Å². The normalized spacial score (nSPS) is 14.2. The molecule has 0 bridgehead atoms. The second-order valence-electron chi connectivity index (χ2n) is 9.13. The van der Waals surface area contributed by atoms with Gasteiger partial charge in [0.2, 0.25) is 5.91 Å². The van der Waals surface area contributed by atoms with E-state index in [4.69, 9.17) is 11.6 Å². The second-order valence-corrected chi connectivity index (χ2v) is 9.54. The highest BCUT2D eigenvalue weighted by Crippen LogP contribution is 2.42. The van der Waals surface area contributed by atoms with E-state index in [0.29, 0.717) is 5.82 Å². The van der Waals surface area contributed by atoms with Gasteiger partial charge >= 0.3 is 5.97 Å². The van der Waals surface area contributed by atoms with Crippen molar-refractivity contribution in [3.8, 4) is 0 Å². The standard InChI is InChI=1S/C26H25ClFN5O4/c1-14(2)16-6-4-5-7-18(16)26(12-33(13-26)22-8-15(24(35)36)11-30-32-22)25(37)31-21-10-20(28)19(27)9-17(21)23(34)29-3/h4-11,14H,12-13H2,1-3H3,(H,29,34)(H,31,37)(H,35,36). The van der Waals surface area contributed by atoms with Crippen LogP contribution in [0.5, 0.6) is 0 Å². The number of carbonyl (C=O) groups excluding carboxylic acids is 2. The quantitative estimate of drug-likeness (QED) is 0.428. The Balaban J connectivity index is 1.76. The smallest absolute Gasteiger partial charge is 0.337 e. The number of nitrogens with one attached hydrogen (secondary N) is 2. The maximum absolute atomic E-state index is 14.4. The lowest BCUT2D eigenvalue weighted by Crippen LogP contribution is -2.66. The monoisotopic (exact) mass is 525 g/mol. The largest absolute Gasteiger partial charge is 0.478 e. The lowest BCUT2D eigenvalue weighted by molar-refractivity contribution is -0.122. The third-order valence-electron chi connectivity index (χ3n) is 6.45. The molecule has 0 spiro atoms. The third-order valence-corrected chi connectivity index (χ3v) is 6.74. The lowest BCUT2D eigenvalue weighted by Gasteiger charge is -2.50. The molecule has 1 saturated heterocycles. The van der Waals surface area contributed by atoms with Gasteiger partial charge in [-0.15, -0.1) is 5.10 Å². The van der Waals surface area contributed by atoms with Crippen LogP contribution in [0.25, 0.3) is 0 Å². The van der Waals surface area contributed by atoms with Crippen LogP contribution >= 0.6 is 11.6 Å². The average molecular weight is 526 g/mol.